The van der Waals surface area contributed by atoms with E-state index in [2.05, 4.69) is 10.3 Å². The first-order chi connectivity index (χ1) is 7.66. The van der Waals surface area contributed by atoms with Crippen LogP contribution in [-0.4, -0.2) is 16.1 Å². The fraction of sp³-hybridized carbons (Fsp3) is 0.200. The van der Waals surface area contributed by atoms with Crippen LogP contribution in [0.1, 0.15) is 21.1 Å². The Bertz CT molecular complexity index is 504. The van der Waals surface area contributed by atoms with Gasteiger partial charge in [-0.05, 0) is 13.0 Å². The molecule has 0 radical (unpaired) electrons. The van der Waals surface area contributed by atoms with Crippen molar-refractivity contribution in [1.82, 2.24) is 4.98 Å². The molecule has 0 saturated heterocycles. The number of anilines is 1. The molecule has 2 aromatic rings. The summed E-state index contributed by atoms with van der Waals surface area (Å²) in [6.07, 6.45) is 0. The Balaban J connectivity index is 2.00. The van der Waals surface area contributed by atoms with Gasteiger partial charge in [0.2, 0.25) is 5.76 Å². The van der Waals surface area contributed by atoms with Crippen molar-refractivity contribution in [1.29, 1.82) is 0 Å². The van der Waals surface area contributed by atoms with E-state index >= 15 is 0 Å². The molecule has 0 fully saturated rings. The highest BCUT2D eigenvalue weighted by Gasteiger charge is 2.09. The van der Waals surface area contributed by atoms with Crippen LogP contribution in [0.3, 0.4) is 0 Å². The van der Waals surface area contributed by atoms with Gasteiger partial charge in [-0.3, -0.25) is 0 Å². The van der Waals surface area contributed by atoms with Gasteiger partial charge >= 0.3 is 5.97 Å². The van der Waals surface area contributed by atoms with Crippen molar-refractivity contribution >= 4 is 23.2 Å². The monoisotopic (exact) mass is 238 g/mol. The summed E-state index contributed by atoms with van der Waals surface area (Å²) in [4.78, 5) is 15.8. The van der Waals surface area contributed by atoms with Gasteiger partial charge in [-0.15, -0.1) is 11.3 Å². The van der Waals surface area contributed by atoms with Crippen LogP contribution in [0.5, 0.6) is 0 Å². The van der Waals surface area contributed by atoms with E-state index in [4.69, 9.17) is 9.52 Å². The van der Waals surface area contributed by atoms with Crippen molar-refractivity contribution in [3.63, 3.8) is 0 Å². The molecule has 16 heavy (non-hydrogen) atoms. The Morgan fingerprint density at radius 2 is 2.44 bits per heavy atom. The van der Waals surface area contributed by atoms with Crippen LogP contribution in [0.15, 0.2) is 22.1 Å². The number of hydrogen-bond donors (Lipinski definition) is 2. The number of aromatic carboxylic acids is 1. The minimum atomic E-state index is -1.07. The van der Waals surface area contributed by atoms with Crippen molar-refractivity contribution in [3.05, 3.63) is 34.0 Å². The maximum Gasteiger partial charge on any atom is 0.371 e. The highest BCUT2D eigenvalue weighted by atomic mass is 32.1. The predicted octanol–water partition coefficient (Wildman–Crippen LogP) is 2.35. The lowest BCUT2D eigenvalue weighted by Gasteiger charge is -2.00. The van der Waals surface area contributed by atoms with E-state index < -0.39 is 5.97 Å². The summed E-state index contributed by atoms with van der Waals surface area (Å²) in [5, 5.41) is 11.7. The normalized spacial score (nSPS) is 10.3. The number of carboxylic acids is 1. The van der Waals surface area contributed by atoms with E-state index in [1.165, 1.54) is 6.07 Å². The molecule has 0 spiro atoms. The SMILES string of the molecule is Cc1ncsc1CNc1ccc(C(=O)O)o1. The minimum Gasteiger partial charge on any atom is -0.475 e. The van der Waals surface area contributed by atoms with Crippen molar-refractivity contribution < 1.29 is 14.3 Å². The maximum absolute atomic E-state index is 10.6. The number of aromatic nitrogens is 1. The third kappa shape index (κ3) is 2.22. The molecule has 6 heteroatoms. The molecule has 0 aliphatic carbocycles. The molecule has 0 aliphatic rings. The van der Waals surface area contributed by atoms with E-state index in [1.807, 2.05) is 6.92 Å². The summed E-state index contributed by atoms with van der Waals surface area (Å²) < 4.78 is 5.06. The van der Waals surface area contributed by atoms with Gasteiger partial charge in [-0.25, -0.2) is 9.78 Å². The lowest BCUT2D eigenvalue weighted by molar-refractivity contribution is 0.0663. The molecule has 0 unspecified atom stereocenters. The van der Waals surface area contributed by atoms with Crippen molar-refractivity contribution in [2.75, 3.05) is 5.32 Å². The number of nitrogens with one attached hydrogen (secondary N) is 1. The highest BCUT2D eigenvalue weighted by molar-refractivity contribution is 7.09. The molecule has 2 rings (SSSR count). The van der Waals surface area contributed by atoms with Gasteiger partial charge in [0.15, 0.2) is 5.88 Å². The summed E-state index contributed by atoms with van der Waals surface area (Å²) in [5.41, 5.74) is 2.75. The molecule has 2 heterocycles. The van der Waals surface area contributed by atoms with Gasteiger partial charge in [-0.1, -0.05) is 0 Å². The topological polar surface area (TPSA) is 75.4 Å². The summed E-state index contributed by atoms with van der Waals surface area (Å²) in [6, 6.07) is 3.02. The fourth-order valence-corrected chi connectivity index (χ4v) is 1.93. The van der Waals surface area contributed by atoms with Gasteiger partial charge in [-0.2, -0.15) is 0 Å². The van der Waals surface area contributed by atoms with Crippen LogP contribution in [0.25, 0.3) is 0 Å². The average molecular weight is 238 g/mol. The average Bonchev–Trinajstić information content (AvgIpc) is 2.83. The standard InChI is InChI=1S/C10H10N2O3S/c1-6-8(16-5-12-6)4-11-9-3-2-7(15-9)10(13)14/h2-3,5,11H,4H2,1H3,(H,13,14). The molecule has 0 bridgehead atoms. The molecule has 84 valence electrons. The van der Waals surface area contributed by atoms with Crippen LogP contribution in [0, 0.1) is 6.92 Å². The molecular weight excluding hydrogens is 228 g/mol. The third-order valence-corrected chi connectivity index (χ3v) is 3.02. The molecule has 0 atom stereocenters. The van der Waals surface area contributed by atoms with Gasteiger partial charge in [0, 0.05) is 10.9 Å². The van der Waals surface area contributed by atoms with Crippen molar-refractivity contribution in [3.8, 4) is 0 Å². The van der Waals surface area contributed by atoms with Crippen LogP contribution in [-0.2, 0) is 6.54 Å². The minimum absolute atomic E-state index is 0.0662. The second-order valence-corrected chi connectivity index (χ2v) is 4.12. The number of aryl methyl sites for hydroxylation is 1. The fourth-order valence-electron chi connectivity index (χ4n) is 1.21. The lowest BCUT2D eigenvalue weighted by atomic mass is 10.4. The number of carboxylic acid groups (broad SMARTS) is 1. The van der Waals surface area contributed by atoms with Crippen LogP contribution in [0.4, 0.5) is 5.88 Å². The van der Waals surface area contributed by atoms with Crippen LogP contribution < -0.4 is 5.32 Å². The molecule has 5 nitrogen and oxygen atoms in total. The van der Waals surface area contributed by atoms with Gasteiger partial charge in [0.25, 0.3) is 0 Å². The van der Waals surface area contributed by atoms with E-state index in [0.717, 1.165) is 10.6 Å². The molecule has 0 aliphatic heterocycles. The van der Waals surface area contributed by atoms with E-state index in [1.54, 1.807) is 22.9 Å². The summed E-state index contributed by atoms with van der Waals surface area (Å²) in [7, 11) is 0. The van der Waals surface area contributed by atoms with Gasteiger partial charge in [0.05, 0.1) is 17.7 Å². The molecule has 2 N–H and O–H groups in total. The number of carbonyl (C=O) groups is 1. The molecule has 2 aromatic heterocycles. The third-order valence-electron chi connectivity index (χ3n) is 2.08. The molecule has 0 amide bonds. The molecular formula is C10H10N2O3S. The quantitative estimate of drug-likeness (QED) is 0.855. The van der Waals surface area contributed by atoms with E-state index in [-0.39, 0.29) is 5.76 Å². The van der Waals surface area contributed by atoms with Gasteiger partial charge < -0.3 is 14.8 Å². The highest BCUT2D eigenvalue weighted by Crippen LogP contribution is 2.17. The first-order valence-electron chi connectivity index (χ1n) is 4.63. The zero-order valence-corrected chi connectivity index (χ0v) is 9.37. The molecule has 0 saturated carbocycles. The second-order valence-electron chi connectivity index (χ2n) is 3.18. The zero-order chi connectivity index (χ0) is 11.5. The largest absolute Gasteiger partial charge is 0.475 e. The van der Waals surface area contributed by atoms with Crippen LogP contribution in [0.2, 0.25) is 0 Å². The number of nitrogens with zero attached hydrogens (tertiary/aromatic N) is 1. The Morgan fingerprint density at radius 1 is 1.62 bits per heavy atom. The zero-order valence-electron chi connectivity index (χ0n) is 8.56. The Labute approximate surface area is 95.7 Å². The van der Waals surface area contributed by atoms with E-state index in [9.17, 15) is 4.79 Å². The Morgan fingerprint density at radius 3 is 3.00 bits per heavy atom. The summed E-state index contributed by atoms with van der Waals surface area (Å²) >= 11 is 1.55. The number of hydrogen-bond acceptors (Lipinski definition) is 5. The second kappa shape index (κ2) is 4.36. The lowest BCUT2D eigenvalue weighted by Crippen LogP contribution is -1.98. The van der Waals surface area contributed by atoms with Crippen molar-refractivity contribution in [2.24, 2.45) is 0 Å². The maximum atomic E-state index is 10.6. The Hall–Kier alpha value is -1.82. The molecule has 0 aromatic carbocycles. The number of rotatable bonds is 4. The smallest absolute Gasteiger partial charge is 0.371 e. The summed E-state index contributed by atoms with van der Waals surface area (Å²) in [6.45, 7) is 2.52. The first-order valence-corrected chi connectivity index (χ1v) is 5.51. The van der Waals surface area contributed by atoms with Crippen LogP contribution >= 0.6 is 11.3 Å². The van der Waals surface area contributed by atoms with Gasteiger partial charge in [0.1, 0.15) is 0 Å². The Kier molecular flexibility index (Phi) is 2.91. The number of thiazole rings is 1. The first kappa shape index (κ1) is 10.7. The van der Waals surface area contributed by atoms with Crippen molar-refractivity contribution in [2.45, 2.75) is 13.5 Å². The number of furan rings is 1. The van der Waals surface area contributed by atoms with E-state index in [0.29, 0.717) is 12.4 Å². The summed E-state index contributed by atoms with van der Waals surface area (Å²) in [5.74, 6) is -0.684. The predicted molar refractivity (Wildman–Crippen MR) is 59.8 cm³/mol.